The van der Waals surface area contributed by atoms with Crippen LogP contribution in [0.3, 0.4) is 0 Å². The molecule has 0 radical (unpaired) electrons. The Morgan fingerprint density at radius 1 is 0.950 bits per heavy atom. The van der Waals surface area contributed by atoms with Gasteiger partial charge in [-0.25, -0.2) is 4.39 Å². The molecule has 0 aromatic heterocycles. The Labute approximate surface area is 232 Å². The van der Waals surface area contributed by atoms with Crippen molar-refractivity contribution in [3.05, 3.63) is 89.2 Å². The van der Waals surface area contributed by atoms with E-state index >= 15 is 0 Å². The number of hydrogen-bond donors (Lipinski definition) is 0. The molecular formula is C29H32F4N2O4S. The van der Waals surface area contributed by atoms with Gasteiger partial charge in [0.2, 0.25) is 0 Å². The van der Waals surface area contributed by atoms with E-state index in [9.17, 15) is 30.8 Å². The second-order valence-corrected chi connectivity index (χ2v) is 11.1. The second kappa shape index (κ2) is 12.7. The second-order valence-electron chi connectivity index (χ2n) is 9.59. The number of hydrogen-bond acceptors (Lipinski definition) is 5. The molecule has 0 bridgehead atoms. The Morgan fingerprint density at radius 3 is 2.23 bits per heavy atom. The predicted octanol–water partition coefficient (Wildman–Crippen LogP) is 6.76. The van der Waals surface area contributed by atoms with Gasteiger partial charge in [0.15, 0.2) is 0 Å². The number of alkyl halides is 3. The van der Waals surface area contributed by atoms with Gasteiger partial charge in [-0.05, 0) is 56.2 Å². The Kier molecular flexibility index (Phi) is 9.83. The highest BCUT2D eigenvalue weighted by Crippen LogP contribution is 2.33. The van der Waals surface area contributed by atoms with Crippen LogP contribution in [-0.2, 0) is 22.8 Å². The summed E-state index contributed by atoms with van der Waals surface area (Å²) in [5, 5.41) is 0. The Balaban J connectivity index is 2.07. The third-order valence-electron chi connectivity index (χ3n) is 6.17. The van der Waals surface area contributed by atoms with Gasteiger partial charge in [0.05, 0.1) is 11.1 Å². The number of amides is 1. The van der Waals surface area contributed by atoms with E-state index in [2.05, 4.69) is 0 Å². The molecule has 3 aromatic rings. The molecule has 0 N–H and O–H groups in total. The van der Waals surface area contributed by atoms with Crippen LogP contribution in [0.25, 0.3) is 0 Å². The summed E-state index contributed by atoms with van der Waals surface area (Å²) in [7, 11) is -4.69. The van der Waals surface area contributed by atoms with E-state index < -0.39 is 38.5 Å². The number of nitrogens with zero attached hydrogens (tertiary/aromatic N) is 2. The molecule has 3 aromatic carbocycles. The van der Waals surface area contributed by atoms with E-state index in [0.29, 0.717) is 24.8 Å². The van der Waals surface area contributed by atoms with E-state index in [1.165, 1.54) is 29.2 Å². The summed E-state index contributed by atoms with van der Waals surface area (Å²) in [5.41, 5.74) is -0.356. The smallest absolute Gasteiger partial charge is 0.379 e. The maximum atomic E-state index is 14.5. The lowest BCUT2D eigenvalue weighted by Crippen LogP contribution is -2.34. The summed E-state index contributed by atoms with van der Waals surface area (Å²) in [6, 6.07) is 13.7. The van der Waals surface area contributed by atoms with Crippen LogP contribution < -0.4 is 9.08 Å². The van der Waals surface area contributed by atoms with Crippen molar-refractivity contribution >= 4 is 21.7 Å². The summed E-state index contributed by atoms with van der Waals surface area (Å²) < 4.78 is 86.0. The molecule has 0 spiro atoms. The number of benzene rings is 3. The number of carbonyl (C=O) groups excluding carboxylic acids is 1. The molecule has 0 fully saturated rings. The molecule has 0 saturated carbocycles. The zero-order valence-electron chi connectivity index (χ0n) is 22.7. The van der Waals surface area contributed by atoms with E-state index in [1.54, 1.807) is 18.2 Å². The molecule has 3 rings (SSSR count). The number of carbonyl (C=O) groups is 1. The van der Waals surface area contributed by atoms with Crippen LogP contribution in [0.5, 0.6) is 5.75 Å². The highest BCUT2D eigenvalue weighted by atomic mass is 32.2. The number of anilines is 1. The molecule has 0 aliphatic heterocycles. The first-order valence-electron chi connectivity index (χ1n) is 12.8. The zero-order valence-corrected chi connectivity index (χ0v) is 23.5. The first-order valence-corrected chi connectivity index (χ1v) is 14.2. The van der Waals surface area contributed by atoms with Gasteiger partial charge in [0.1, 0.15) is 16.5 Å². The van der Waals surface area contributed by atoms with E-state index in [-0.39, 0.29) is 35.9 Å². The van der Waals surface area contributed by atoms with Crippen molar-refractivity contribution in [3.8, 4) is 5.75 Å². The number of halogens is 4. The molecule has 11 heteroatoms. The molecule has 40 heavy (non-hydrogen) atoms. The van der Waals surface area contributed by atoms with E-state index in [0.717, 1.165) is 18.2 Å². The average molecular weight is 581 g/mol. The quantitative estimate of drug-likeness (QED) is 0.185. The molecule has 0 heterocycles. The van der Waals surface area contributed by atoms with Crippen LogP contribution in [0.4, 0.5) is 23.2 Å². The van der Waals surface area contributed by atoms with Crippen LogP contribution in [0.2, 0.25) is 0 Å². The predicted molar refractivity (Wildman–Crippen MR) is 145 cm³/mol. The molecule has 0 unspecified atom stereocenters. The Hall–Kier alpha value is -3.60. The fourth-order valence-corrected chi connectivity index (χ4v) is 5.21. The normalized spacial score (nSPS) is 11.9. The third kappa shape index (κ3) is 7.53. The van der Waals surface area contributed by atoms with Gasteiger partial charge in [-0.15, -0.1) is 0 Å². The van der Waals surface area contributed by atoms with Gasteiger partial charge < -0.3 is 14.0 Å². The SMILES string of the molecule is CCN(CC)c1ccc(CN(CC(C)C)C(=O)c2ccccc2F)c(OS(=O)(=O)c2cccc(C(F)(F)F)c2)c1. The molecule has 0 saturated heterocycles. The van der Waals surface area contributed by atoms with Crippen LogP contribution >= 0.6 is 0 Å². The molecule has 216 valence electrons. The van der Waals surface area contributed by atoms with Crippen molar-refractivity contribution in [2.24, 2.45) is 5.92 Å². The molecule has 1 amide bonds. The molecule has 0 atom stereocenters. The van der Waals surface area contributed by atoms with Crippen molar-refractivity contribution in [1.29, 1.82) is 0 Å². The van der Waals surface area contributed by atoms with Gasteiger partial charge in [0.25, 0.3) is 5.91 Å². The fraction of sp³-hybridized carbons (Fsp3) is 0.345. The minimum Gasteiger partial charge on any atom is -0.379 e. The summed E-state index contributed by atoms with van der Waals surface area (Å²) >= 11 is 0. The summed E-state index contributed by atoms with van der Waals surface area (Å²) in [6.07, 6.45) is -4.75. The van der Waals surface area contributed by atoms with Gasteiger partial charge in [-0.1, -0.05) is 38.1 Å². The molecule has 6 nitrogen and oxygen atoms in total. The van der Waals surface area contributed by atoms with Crippen LogP contribution in [-0.4, -0.2) is 38.9 Å². The summed E-state index contributed by atoms with van der Waals surface area (Å²) in [6.45, 7) is 8.87. The van der Waals surface area contributed by atoms with E-state index in [1.807, 2.05) is 32.6 Å². The lowest BCUT2D eigenvalue weighted by molar-refractivity contribution is -0.137. The Bertz CT molecular complexity index is 1440. The highest BCUT2D eigenvalue weighted by Gasteiger charge is 2.32. The van der Waals surface area contributed by atoms with Gasteiger partial charge in [-0.3, -0.25) is 4.79 Å². The van der Waals surface area contributed by atoms with Crippen LogP contribution in [0.15, 0.2) is 71.6 Å². The Morgan fingerprint density at radius 2 is 1.62 bits per heavy atom. The van der Waals surface area contributed by atoms with Crippen molar-refractivity contribution in [3.63, 3.8) is 0 Å². The average Bonchev–Trinajstić information content (AvgIpc) is 2.89. The van der Waals surface area contributed by atoms with Gasteiger partial charge in [-0.2, -0.15) is 21.6 Å². The van der Waals surface area contributed by atoms with Crippen molar-refractivity contribution in [1.82, 2.24) is 4.90 Å². The van der Waals surface area contributed by atoms with Crippen molar-refractivity contribution < 1.29 is 35.0 Å². The van der Waals surface area contributed by atoms with Crippen molar-refractivity contribution in [2.75, 3.05) is 24.5 Å². The van der Waals surface area contributed by atoms with Gasteiger partial charge in [0, 0.05) is 43.5 Å². The topological polar surface area (TPSA) is 66.9 Å². The van der Waals surface area contributed by atoms with E-state index in [4.69, 9.17) is 4.18 Å². The maximum Gasteiger partial charge on any atom is 0.416 e. The van der Waals surface area contributed by atoms with Crippen molar-refractivity contribution in [2.45, 2.75) is 45.3 Å². The standard InChI is InChI=1S/C29H32F4N2O4S/c1-5-34(6-2)23-15-14-21(19-35(18-20(3)4)28(36)25-12-7-8-13-26(25)30)27(17-23)39-40(37,38)24-11-9-10-22(16-24)29(31,32)33/h7-17,20H,5-6,18-19H2,1-4H3. The molecule has 0 aliphatic carbocycles. The minimum absolute atomic E-state index is 0.0103. The number of rotatable bonds is 11. The van der Waals surface area contributed by atoms with Crippen LogP contribution in [0.1, 0.15) is 49.2 Å². The third-order valence-corrected chi connectivity index (χ3v) is 7.40. The van der Waals surface area contributed by atoms with Gasteiger partial charge >= 0.3 is 16.3 Å². The summed E-state index contributed by atoms with van der Waals surface area (Å²) in [4.78, 5) is 16.0. The fourth-order valence-electron chi connectivity index (χ4n) is 4.20. The minimum atomic E-state index is -4.75. The maximum absolute atomic E-state index is 14.5. The first kappa shape index (κ1) is 30.9. The monoisotopic (exact) mass is 580 g/mol. The highest BCUT2D eigenvalue weighted by molar-refractivity contribution is 7.87. The largest absolute Gasteiger partial charge is 0.416 e. The molecular weight excluding hydrogens is 548 g/mol. The lowest BCUT2D eigenvalue weighted by atomic mass is 10.1. The lowest BCUT2D eigenvalue weighted by Gasteiger charge is -2.27. The molecule has 0 aliphatic rings. The first-order chi connectivity index (χ1) is 18.8. The zero-order chi connectivity index (χ0) is 29.7. The summed E-state index contributed by atoms with van der Waals surface area (Å²) in [5.74, 6) is -1.44. The van der Waals surface area contributed by atoms with Crippen LogP contribution in [0, 0.1) is 11.7 Å².